The molecular formula is C16H18N2O3. The number of hydrogen-bond donors (Lipinski definition) is 1. The Bertz CT molecular complexity index is 627. The summed E-state index contributed by atoms with van der Waals surface area (Å²) in [4.78, 5) is 23.9. The molecule has 0 aliphatic heterocycles. The van der Waals surface area contributed by atoms with Crippen LogP contribution in [0, 0.1) is 11.3 Å². The average Bonchev–Trinajstić information content (AvgIpc) is 2.82. The first-order valence-corrected chi connectivity index (χ1v) is 6.47. The van der Waals surface area contributed by atoms with E-state index in [9.17, 15) is 9.59 Å². The first-order chi connectivity index (χ1) is 9.87. The van der Waals surface area contributed by atoms with Gasteiger partial charge >= 0.3 is 0 Å². The van der Waals surface area contributed by atoms with E-state index in [1.54, 1.807) is 6.07 Å². The van der Waals surface area contributed by atoms with E-state index in [1.807, 2.05) is 51.1 Å². The molecule has 0 amide bonds. The topological polar surface area (TPSA) is 82.9 Å². The largest absolute Gasteiger partial charge is 0.462 e. The molecule has 1 aromatic carbocycles. The minimum Gasteiger partial charge on any atom is -0.462 e. The average molecular weight is 286 g/mol. The van der Waals surface area contributed by atoms with E-state index in [0.717, 1.165) is 10.9 Å². The molecule has 1 aromatic heterocycles. The molecule has 0 bridgehead atoms. The third kappa shape index (κ3) is 5.49. The smallest absolute Gasteiger partial charge is 0.293 e. The minimum atomic E-state index is -0.318. The van der Waals surface area contributed by atoms with Gasteiger partial charge in [0.1, 0.15) is 12.0 Å². The van der Waals surface area contributed by atoms with Crippen LogP contribution < -0.4 is 0 Å². The van der Waals surface area contributed by atoms with Crippen LogP contribution in [0.3, 0.4) is 0 Å². The number of H-pyrrole nitrogens is 1. The molecule has 0 unspecified atom stereocenters. The monoisotopic (exact) mass is 286 g/mol. The summed E-state index contributed by atoms with van der Waals surface area (Å²) in [6.07, 6.45) is -0.0766. The molecule has 0 aliphatic carbocycles. The van der Waals surface area contributed by atoms with Gasteiger partial charge in [-0.15, -0.1) is 0 Å². The second kappa shape index (κ2) is 7.25. The highest BCUT2D eigenvalue weighted by Crippen LogP contribution is 2.15. The van der Waals surface area contributed by atoms with Crippen molar-refractivity contribution in [1.29, 1.82) is 5.26 Å². The van der Waals surface area contributed by atoms with Gasteiger partial charge in [0.15, 0.2) is 5.78 Å². The number of nitrogens with one attached hydrogen (secondary N) is 1. The third-order valence-corrected chi connectivity index (χ3v) is 2.47. The van der Waals surface area contributed by atoms with Gasteiger partial charge in [-0.05, 0) is 32.9 Å². The van der Waals surface area contributed by atoms with Gasteiger partial charge in [0, 0.05) is 10.9 Å². The second-order valence-electron chi connectivity index (χ2n) is 5.35. The zero-order valence-corrected chi connectivity index (χ0v) is 12.3. The Morgan fingerprint density at radius 1 is 1.38 bits per heavy atom. The number of ether oxygens (including phenoxy) is 1. The maximum atomic E-state index is 11.4. The molecule has 0 atom stereocenters. The third-order valence-electron chi connectivity index (χ3n) is 2.47. The molecule has 21 heavy (non-hydrogen) atoms. The van der Waals surface area contributed by atoms with E-state index in [-0.39, 0.29) is 17.8 Å². The first-order valence-electron chi connectivity index (χ1n) is 6.47. The van der Waals surface area contributed by atoms with Crippen LogP contribution >= 0.6 is 0 Å². The predicted octanol–water partition coefficient (Wildman–Crippen LogP) is 3.22. The zero-order valence-electron chi connectivity index (χ0n) is 12.3. The van der Waals surface area contributed by atoms with Gasteiger partial charge < -0.3 is 9.72 Å². The molecule has 110 valence electrons. The molecule has 1 heterocycles. The van der Waals surface area contributed by atoms with Crippen molar-refractivity contribution in [3.63, 3.8) is 0 Å². The molecule has 0 aliphatic rings. The van der Waals surface area contributed by atoms with Crippen LogP contribution in [0.5, 0.6) is 0 Å². The van der Waals surface area contributed by atoms with Crippen molar-refractivity contribution in [2.45, 2.75) is 32.8 Å². The molecule has 5 heteroatoms. The molecule has 0 saturated heterocycles. The SMILES string of the molecule is CC(C)(C)OC=O.N#CCC(=O)c1cc2ccccc2[nH]1. The van der Waals surface area contributed by atoms with E-state index >= 15 is 0 Å². The van der Waals surface area contributed by atoms with Crippen LogP contribution in [0.4, 0.5) is 0 Å². The summed E-state index contributed by atoms with van der Waals surface area (Å²) >= 11 is 0. The van der Waals surface area contributed by atoms with Crippen LogP contribution in [0.25, 0.3) is 10.9 Å². The van der Waals surface area contributed by atoms with Gasteiger partial charge in [-0.1, -0.05) is 18.2 Å². The van der Waals surface area contributed by atoms with E-state index in [1.165, 1.54) is 0 Å². The molecule has 2 aromatic rings. The van der Waals surface area contributed by atoms with Crippen molar-refractivity contribution >= 4 is 23.2 Å². The number of aromatic nitrogens is 1. The van der Waals surface area contributed by atoms with Gasteiger partial charge in [-0.25, -0.2) is 0 Å². The Morgan fingerprint density at radius 2 is 2.05 bits per heavy atom. The Morgan fingerprint density at radius 3 is 2.52 bits per heavy atom. The summed E-state index contributed by atoms with van der Waals surface area (Å²) in [6, 6.07) is 11.3. The number of para-hydroxylation sites is 1. The lowest BCUT2D eigenvalue weighted by molar-refractivity contribution is -0.138. The van der Waals surface area contributed by atoms with E-state index in [2.05, 4.69) is 9.72 Å². The molecule has 0 radical (unpaired) electrons. The highest BCUT2D eigenvalue weighted by molar-refractivity contribution is 6.00. The highest BCUT2D eigenvalue weighted by Gasteiger charge is 2.08. The standard InChI is InChI=1S/C11H8N2O.C5H10O2/c12-6-5-11(14)10-7-8-3-1-2-4-9(8)13-10;1-5(2,3)7-4-6/h1-4,7,13H,5H2;4H,1-3H3. The lowest BCUT2D eigenvalue weighted by Gasteiger charge is -2.14. The number of fused-ring (bicyclic) bond motifs is 1. The number of nitrogens with zero attached hydrogens (tertiary/aromatic N) is 1. The van der Waals surface area contributed by atoms with Crippen molar-refractivity contribution in [2.24, 2.45) is 0 Å². The number of aromatic amines is 1. The quantitative estimate of drug-likeness (QED) is 0.693. The van der Waals surface area contributed by atoms with Gasteiger partial charge in [0.25, 0.3) is 6.47 Å². The van der Waals surface area contributed by atoms with Crippen molar-refractivity contribution < 1.29 is 14.3 Å². The van der Waals surface area contributed by atoms with Crippen molar-refractivity contribution in [2.75, 3.05) is 0 Å². The fourth-order valence-corrected chi connectivity index (χ4v) is 1.53. The second-order valence-corrected chi connectivity index (χ2v) is 5.35. The van der Waals surface area contributed by atoms with Crippen LogP contribution in [-0.4, -0.2) is 22.8 Å². The number of benzene rings is 1. The van der Waals surface area contributed by atoms with Crippen molar-refractivity contribution in [1.82, 2.24) is 4.98 Å². The Labute approximate surface area is 123 Å². The molecule has 0 spiro atoms. The fourth-order valence-electron chi connectivity index (χ4n) is 1.53. The van der Waals surface area contributed by atoms with E-state index in [0.29, 0.717) is 12.2 Å². The predicted molar refractivity (Wildman–Crippen MR) is 79.8 cm³/mol. The Balaban J connectivity index is 0.000000270. The maximum Gasteiger partial charge on any atom is 0.293 e. The van der Waals surface area contributed by atoms with Gasteiger partial charge in [0.2, 0.25) is 0 Å². The van der Waals surface area contributed by atoms with E-state index in [4.69, 9.17) is 5.26 Å². The molecule has 5 nitrogen and oxygen atoms in total. The maximum absolute atomic E-state index is 11.4. The minimum absolute atomic E-state index is 0.0766. The van der Waals surface area contributed by atoms with E-state index < -0.39 is 0 Å². The Hall–Kier alpha value is -2.61. The zero-order chi connectivity index (χ0) is 15.9. The van der Waals surface area contributed by atoms with Crippen LogP contribution in [0.2, 0.25) is 0 Å². The molecule has 0 saturated carbocycles. The number of hydrogen-bond acceptors (Lipinski definition) is 4. The summed E-state index contributed by atoms with van der Waals surface area (Å²) in [7, 11) is 0. The lowest BCUT2D eigenvalue weighted by Crippen LogP contribution is -2.17. The summed E-state index contributed by atoms with van der Waals surface area (Å²) in [5.74, 6) is -0.163. The van der Waals surface area contributed by atoms with Crippen LogP contribution in [0.15, 0.2) is 30.3 Å². The fraction of sp³-hybridized carbons (Fsp3) is 0.312. The van der Waals surface area contributed by atoms with Crippen molar-refractivity contribution in [3.05, 3.63) is 36.0 Å². The van der Waals surface area contributed by atoms with Crippen LogP contribution in [-0.2, 0) is 9.53 Å². The highest BCUT2D eigenvalue weighted by atomic mass is 16.5. The van der Waals surface area contributed by atoms with Crippen molar-refractivity contribution in [3.8, 4) is 6.07 Å². The lowest BCUT2D eigenvalue weighted by atomic mass is 10.2. The molecular weight excluding hydrogens is 268 g/mol. The number of rotatable bonds is 3. The van der Waals surface area contributed by atoms with Gasteiger partial charge in [0.05, 0.1) is 11.8 Å². The number of nitriles is 1. The van der Waals surface area contributed by atoms with Gasteiger partial charge in [-0.3, -0.25) is 9.59 Å². The summed E-state index contributed by atoms with van der Waals surface area (Å²) < 4.78 is 4.55. The van der Waals surface area contributed by atoms with Crippen LogP contribution in [0.1, 0.15) is 37.7 Å². The van der Waals surface area contributed by atoms with Gasteiger partial charge in [-0.2, -0.15) is 5.26 Å². The number of ketones is 1. The molecule has 0 fully saturated rings. The number of carbonyl (C=O) groups excluding carboxylic acids is 2. The first kappa shape index (κ1) is 16.4. The molecule has 1 N–H and O–H groups in total. The number of carbonyl (C=O) groups is 2. The number of Topliss-reactive ketones (excluding diaryl/α,β-unsaturated/α-hetero) is 1. The summed E-state index contributed by atoms with van der Waals surface area (Å²) in [5, 5.41) is 9.38. The summed E-state index contributed by atoms with van der Waals surface area (Å²) in [5.41, 5.74) is 1.11. The Kier molecular flexibility index (Phi) is 5.67. The molecule has 2 rings (SSSR count). The summed E-state index contributed by atoms with van der Waals surface area (Å²) in [6.45, 7) is 5.92. The normalized spacial score (nSPS) is 10.2.